The minimum Gasteiger partial charge on any atom is -0.399 e. The Bertz CT molecular complexity index is 530. The van der Waals surface area contributed by atoms with Gasteiger partial charge in [0.05, 0.1) is 5.25 Å². The van der Waals surface area contributed by atoms with Crippen molar-refractivity contribution >= 4 is 29.3 Å². The van der Waals surface area contributed by atoms with Crippen LogP contribution in [0.3, 0.4) is 0 Å². The van der Waals surface area contributed by atoms with Gasteiger partial charge in [0, 0.05) is 23.0 Å². The minimum absolute atomic E-state index is 0.0989. The third-order valence-corrected chi connectivity index (χ3v) is 4.51. The Kier molecular flexibility index (Phi) is 4.32. The third kappa shape index (κ3) is 2.95. The molecule has 1 aromatic rings. The molecular formula is C14H17FN2O2S. The fraction of sp³-hybridized carbons (Fsp3) is 0.429. The normalized spacial score (nSPS) is 20.6. The molecule has 1 saturated heterocycles. The van der Waals surface area contributed by atoms with Crippen LogP contribution < -0.4 is 5.73 Å². The number of nitrogen functional groups attached to an aromatic ring is 1. The highest BCUT2D eigenvalue weighted by Crippen LogP contribution is 2.33. The van der Waals surface area contributed by atoms with Gasteiger partial charge in [-0.2, -0.15) is 0 Å². The summed E-state index contributed by atoms with van der Waals surface area (Å²) in [6, 6.07) is 4.05. The van der Waals surface area contributed by atoms with Crippen molar-refractivity contribution in [2.24, 2.45) is 0 Å². The van der Waals surface area contributed by atoms with Gasteiger partial charge >= 0.3 is 0 Å². The zero-order valence-corrected chi connectivity index (χ0v) is 12.2. The SMILES string of the molecule is CCC(C)N1C(=O)CC(Sc2cc(N)cc(F)c2)C1=O. The molecule has 2 atom stereocenters. The summed E-state index contributed by atoms with van der Waals surface area (Å²) in [6.07, 6.45) is 0.881. The molecule has 1 aliphatic heterocycles. The number of hydrogen-bond acceptors (Lipinski definition) is 4. The number of rotatable bonds is 4. The Morgan fingerprint density at radius 2 is 2.15 bits per heavy atom. The highest BCUT2D eigenvalue weighted by molar-refractivity contribution is 8.00. The predicted octanol–water partition coefficient (Wildman–Crippen LogP) is 2.43. The Labute approximate surface area is 121 Å². The second-order valence-corrected chi connectivity index (χ2v) is 6.17. The quantitative estimate of drug-likeness (QED) is 0.684. The number of likely N-dealkylation sites (tertiary alicyclic amines) is 1. The molecule has 0 bridgehead atoms. The van der Waals surface area contributed by atoms with Gasteiger partial charge in [-0.3, -0.25) is 14.5 Å². The number of thioether (sulfide) groups is 1. The molecule has 2 N–H and O–H groups in total. The molecule has 0 saturated carbocycles. The highest BCUT2D eigenvalue weighted by atomic mass is 32.2. The summed E-state index contributed by atoms with van der Waals surface area (Å²) in [5.74, 6) is -0.800. The number of carbonyl (C=O) groups is 2. The number of carbonyl (C=O) groups excluding carboxylic acids is 2. The van der Waals surface area contributed by atoms with E-state index in [4.69, 9.17) is 5.73 Å². The first kappa shape index (κ1) is 14.8. The van der Waals surface area contributed by atoms with Crippen LogP contribution in [-0.2, 0) is 9.59 Å². The van der Waals surface area contributed by atoms with Gasteiger partial charge in [0.25, 0.3) is 0 Å². The molecule has 108 valence electrons. The van der Waals surface area contributed by atoms with Gasteiger partial charge in [-0.25, -0.2) is 4.39 Å². The Morgan fingerprint density at radius 3 is 2.75 bits per heavy atom. The molecule has 20 heavy (non-hydrogen) atoms. The number of amides is 2. The minimum atomic E-state index is -0.488. The molecule has 1 aromatic carbocycles. The molecule has 1 fully saturated rings. The summed E-state index contributed by atoms with van der Waals surface area (Å²) in [7, 11) is 0. The van der Waals surface area contributed by atoms with Crippen molar-refractivity contribution in [3.8, 4) is 0 Å². The number of hydrogen-bond donors (Lipinski definition) is 1. The van der Waals surface area contributed by atoms with Gasteiger partial charge in [0.15, 0.2) is 0 Å². The zero-order chi connectivity index (χ0) is 14.9. The van der Waals surface area contributed by atoms with Crippen molar-refractivity contribution in [1.29, 1.82) is 0 Å². The molecule has 2 unspecified atom stereocenters. The average molecular weight is 296 g/mol. The molecule has 6 heteroatoms. The molecule has 2 amide bonds. The number of halogens is 1. The van der Waals surface area contributed by atoms with Gasteiger partial charge in [0.2, 0.25) is 11.8 Å². The summed E-state index contributed by atoms with van der Waals surface area (Å²) in [5.41, 5.74) is 5.89. The zero-order valence-electron chi connectivity index (χ0n) is 11.4. The van der Waals surface area contributed by atoms with Crippen LogP contribution >= 0.6 is 11.8 Å². The molecule has 0 aliphatic carbocycles. The first-order valence-corrected chi connectivity index (χ1v) is 7.39. The van der Waals surface area contributed by atoms with Crippen molar-refractivity contribution in [3.63, 3.8) is 0 Å². The first-order valence-electron chi connectivity index (χ1n) is 6.51. The molecular weight excluding hydrogens is 279 g/mol. The predicted molar refractivity (Wildman–Crippen MR) is 76.7 cm³/mol. The van der Waals surface area contributed by atoms with Crippen molar-refractivity contribution < 1.29 is 14.0 Å². The largest absolute Gasteiger partial charge is 0.399 e. The Morgan fingerprint density at radius 1 is 1.45 bits per heavy atom. The standard InChI is InChI=1S/C14H17FN2O2S/c1-3-8(2)17-13(18)7-12(14(17)19)20-11-5-9(15)4-10(16)6-11/h4-6,8,12H,3,7,16H2,1-2H3. The van der Waals surface area contributed by atoms with E-state index in [1.54, 1.807) is 6.07 Å². The van der Waals surface area contributed by atoms with Crippen LogP contribution in [0.25, 0.3) is 0 Å². The maximum atomic E-state index is 13.3. The van der Waals surface area contributed by atoms with E-state index in [2.05, 4.69) is 0 Å². The van der Waals surface area contributed by atoms with Crippen molar-refractivity contribution in [3.05, 3.63) is 24.0 Å². The Balaban J connectivity index is 2.15. The highest BCUT2D eigenvalue weighted by Gasteiger charge is 2.41. The lowest BCUT2D eigenvalue weighted by Gasteiger charge is -2.21. The van der Waals surface area contributed by atoms with Crippen LogP contribution in [0.2, 0.25) is 0 Å². The molecule has 1 heterocycles. The monoisotopic (exact) mass is 296 g/mol. The number of benzene rings is 1. The van der Waals surface area contributed by atoms with Gasteiger partial charge in [-0.05, 0) is 31.5 Å². The van der Waals surface area contributed by atoms with E-state index in [0.717, 1.165) is 6.42 Å². The van der Waals surface area contributed by atoms with Gasteiger partial charge in [0.1, 0.15) is 5.82 Å². The summed E-state index contributed by atoms with van der Waals surface area (Å²) < 4.78 is 13.3. The van der Waals surface area contributed by atoms with Crippen molar-refractivity contribution in [1.82, 2.24) is 4.90 Å². The van der Waals surface area contributed by atoms with E-state index in [1.807, 2.05) is 13.8 Å². The van der Waals surface area contributed by atoms with Crippen LogP contribution in [0.1, 0.15) is 26.7 Å². The number of imide groups is 1. The summed E-state index contributed by atoms with van der Waals surface area (Å²) in [6.45, 7) is 3.78. The van der Waals surface area contributed by atoms with E-state index in [0.29, 0.717) is 10.6 Å². The summed E-state index contributed by atoms with van der Waals surface area (Å²) >= 11 is 1.19. The number of anilines is 1. The van der Waals surface area contributed by atoms with Crippen LogP contribution in [0.4, 0.5) is 10.1 Å². The fourth-order valence-corrected chi connectivity index (χ4v) is 3.33. The summed E-state index contributed by atoms with van der Waals surface area (Å²) in [5, 5.41) is -0.488. The first-order chi connectivity index (χ1) is 9.42. The van der Waals surface area contributed by atoms with Crippen LogP contribution in [-0.4, -0.2) is 28.0 Å². The molecule has 1 aliphatic rings. The van der Waals surface area contributed by atoms with E-state index in [1.165, 1.54) is 28.8 Å². The molecule has 2 rings (SSSR count). The van der Waals surface area contributed by atoms with Crippen molar-refractivity contribution in [2.75, 3.05) is 5.73 Å². The maximum Gasteiger partial charge on any atom is 0.243 e. The van der Waals surface area contributed by atoms with Crippen LogP contribution in [0.15, 0.2) is 23.1 Å². The maximum absolute atomic E-state index is 13.3. The fourth-order valence-electron chi connectivity index (χ4n) is 2.18. The topological polar surface area (TPSA) is 63.4 Å². The lowest BCUT2D eigenvalue weighted by molar-refractivity contribution is -0.140. The smallest absolute Gasteiger partial charge is 0.243 e. The lowest BCUT2D eigenvalue weighted by Crippen LogP contribution is -2.38. The second kappa shape index (κ2) is 5.83. The number of nitrogens with two attached hydrogens (primary N) is 1. The molecule has 4 nitrogen and oxygen atoms in total. The van der Waals surface area contributed by atoms with Crippen LogP contribution in [0.5, 0.6) is 0 Å². The van der Waals surface area contributed by atoms with Crippen molar-refractivity contribution in [2.45, 2.75) is 42.9 Å². The summed E-state index contributed by atoms with van der Waals surface area (Å²) in [4.78, 5) is 26.1. The van der Waals surface area contributed by atoms with E-state index in [-0.39, 0.29) is 24.3 Å². The molecule has 0 spiro atoms. The molecule has 0 aromatic heterocycles. The van der Waals surface area contributed by atoms with Gasteiger partial charge < -0.3 is 5.73 Å². The average Bonchev–Trinajstić information content (AvgIpc) is 2.62. The van der Waals surface area contributed by atoms with Gasteiger partial charge in [-0.1, -0.05) is 6.92 Å². The Hall–Kier alpha value is -1.56. The molecule has 0 radical (unpaired) electrons. The third-order valence-electron chi connectivity index (χ3n) is 3.35. The van der Waals surface area contributed by atoms with E-state index in [9.17, 15) is 14.0 Å². The lowest BCUT2D eigenvalue weighted by atomic mass is 10.2. The van der Waals surface area contributed by atoms with E-state index >= 15 is 0 Å². The van der Waals surface area contributed by atoms with Gasteiger partial charge in [-0.15, -0.1) is 11.8 Å². The second-order valence-electron chi connectivity index (χ2n) is 4.89. The number of nitrogens with zero attached hydrogens (tertiary/aromatic N) is 1. The van der Waals surface area contributed by atoms with Crippen LogP contribution in [0, 0.1) is 5.82 Å². The van der Waals surface area contributed by atoms with E-state index < -0.39 is 11.1 Å².